The average Bonchev–Trinajstić information content (AvgIpc) is 3.23. The normalized spacial score (nSPS) is 19.3. The van der Waals surface area contributed by atoms with Crippen LogP contribution in [-0.4, -0.2) is 42.0 Å². The fourth-order valence-electron chi connectivity index (χ4n) is 2.99. The first-order valence-electron chi connectivity index (χ1n) is 8.03. The number of hydrogen-bond donors (Lipinski definition) is 1. The van der Waals surface area contributed by atoms with Gasteiger partial charge in [0.1, 0.15) is 11.6 Å². The number of nitrogens with zero attached hydrogens (tertiary/aromatic N) is 1. The van der Waals surface area contributed by atoms with Gasteiger partial charge in [-0.3, -0.25) is 9.59 Å². The maximum atomic E-state index is 13.5. The van der Waals surface area contributed by atoms with E-state index >= 15 is 0 Å². The van der Waals surface area contributed by atoms with Crippen molar-refractivity contribution in [1.29, 1.82) is 0 Å². The van der Waals surface area contributed by atoms with Crippen LogP contribution in [0.2, 0.25) is 0 Å². The van der Waals surface area contributed by atoms with Gasteiger partial charge in [0, 0.05) is 24.1 Å². The average molecular weight is 375 g/mol. The Morgan fingerprint density at radius 1 is 1.35 bits per heavy atom. The molecule has 7 heteroatoms. The summed E-state index contributed by atoms with van der Waals surface area (Å²) < 4.78 is 18.6. The van der Waals surface area contributed by atoms with E-state index in [4.69, 9.17) is 4.74 Å². The van der Waals surface area contributed by atoms with E-state index in [-0.39, 0.29) is 24.5 Å². The molecule has 0 spiro atoms. The number of hydrogen-bond acceptors (Lipinski definition) is 5. The van der Waals surface area contributed by atoms with E-state index < -0.39 is 23.5 Å². The summed E-state index contributed by atoms with van der Waals surface area (Å²) in [5, 5.41) is 12.6. The molecule has 1 atom stereocenters. The van der Waals surface area contributed by atoms with Crippen molar-refractivity contribution in [2.24, 2.45) is 0 Å². The number of likely N-dealkylation sites (tertiary alicyclic amines) is 1. The summed E-state index contributed by atoms with van der Waals surface area (Å²) in [6, 6.07) is 7.02. The number of halogens is 1. The fraction of sp³-hybridized carbons (Fsp3) is 0.263. The molecule has 1 aromatic carbocycles. The smallest absolute Gasteiger partial charge is 0.295 e. The van der Waals surface area contributed by atoms with Crippen LogP contribution in [0.1, 0.15) is 22.0 Å². The largest absolute Gasteiger partial charge is 0.507 e. The number of aliphatic hydroxyl groups excluding tert-OH is 1. The number of rotatable bonds is 5. The fourth-order valence-corrected chi connectivity index (χ4v) is 3.84. The third-order valence-corrected chi connectivity index (χ3v) is 5.25. The number of ether oxygens (including phenoxy) is 1. The van der Waals surface area contributed by atoms with Crippen molar-refractivity contribution < 1.29 is 23.8 Å². The number of carbonyl (C=O) groups excluding carboxylic acids is 2. The molecule has 3 rings (SSSR count). The van der Waals surface area contributed by atoms with Crippen molar-refractivity contribution >= 4 is 28.8 Å². The zero-order chi connectivity index (χ0) is 18.8. The van der Waals surface area contributed by atoms with Gasteiger partial charge in [-0.25, -0.2) is 4.39 Å². The Bertz CT molecular complexity index is 876. The second kappa shape index (κ2) is 7.39. The number of ketones is 1. The Morgan fingerprint density at radius 2 is 2.12 bits per heavy atom. The number of benzene rings is 1. The van der Waals surface area contributed by atoms with Crippen LogP contribution in [0.4, 0.5) is 4.39 Å². The van der Waals surface area contributed by atoms with E-state index in [0.29, 0.717) is 11.1 Å². The summed E-state index contributed by atoms with van der Waals surface area (Å²) in [7, 11) is 1.51. The Morgan fingerprint density at radius 3 is 2.73 bits per heavy atom. The Kier molecular flexibility index (Phi) is 5.20. The van der Waals surface area contributed by atoms with Crippen LogP contribution in [0.25, 0.3) is 5.76 Å². The predicted octanol–water partition coefficient (Wildman–Crippen LogP) is 3.26. The van der Waals surface area contributed by atoms with Crippen molar-refractivity contribution in [1.82, 2.24) is 4.90 Å². The molecule has 1 fully saturated rings. The predicted molar refractivity (Wildman–Crippen MR) is 96.3 cm³/mol. The van der Waals surface area contributed by atoms with E-state index in [9.17, 15) is 19.1 Å². The lowest BCUT2D eigenvalue weighted by molar-refractivity contribution is -0.140. The van der Waals surface area contributed by atoms with Gasteiger partial charge in [-0.15, -0.1) is 11.3 Å². The maximum absolute atomic E-state index is 13.5. The monoisotopic (exact) mass is 375 g/mol. The highest BCUT2D eigenvalue weighted by atomic mass is 32.1. The van der Waals surface area contributed by atoms with Crippen molar-refractivity contribution in [3.05, 3.63) is 63.1 Å². The molecule has 1 N–H and O–H groups in total. The lowest BCUT2D eigenvalue weighted by Crippen LogP contribution is -2.32. The van der Waals surface area contributed by atoms with E-state index in [2.05, 4.69) is 0 Å². The van der Waals surface area contributed by atoms with Gasteiger partial charge in [-0.05, 0) is 42.1 Å². The number of thiophene rings is 1. The van der Waals surface area contributed by atoms with Crippen molar-refractivity contribution in [3.63, 3.8) is 0 Å². The molecule has 136 valence electrons. The quantitative estimate of drug-likeness (QED) is 0.495. The van der Waals surface area contributed by atoms with Crippen LogP contribution < -0.4 is 0 Å². The third-order valence-electron chi connectivity index (χ3n) is 4.32. The van der Waals surface area contributed by atoms with Crippen molar-refractivity contribution in [2.75, 3.05) is 20.3 Å². The molecule has 5 nitrogen and oxygen atoms in total. The Hall–Kier alpha value is -2.51. The van der Waals surface area contributed by atoms with Crippen molar-refractivity contribution in [3.8, 4) is 0 Å². The first-order chi connectivity index (χ1) is 12.5. The minimum Gasteiger partial charge on any atom is -0.507 e. The van der Waals surface area contributed by atoms with Gasteiger partial charge in [0.25, 0.3) is 11.7 Å². The second-order valence-electron chi connectivity index (χ2n) is 5.96. The van der Waals surface area contributed by atoms with Crippen LogP contribution in [0.3, 0.4) is 0 Å². The zero-order valence-electron chi connectivity index (χ0n) is 14.4. The minimum atomic E-state index is -0.751. The van der Waals surface area contributed by atoms with E-state index in [1.165, 1.54) is 41.5 Å². The van der Waals surface area contributed by atoms with Gasteiger partial charge in [-0.1, -0.05) is 6.07 Å². The second-order valence-corrected chi connectivity index (χ2v) is 6.94. The van der Waals surface area contributed by atoms with Crippen LogP contribution in [0.15, 0.2) is 41.3 Å². The first kappa shape index (κ1) is 18.3. The lowest BCUT2D eigenvalue weighted by atomic mass is 9.99. The highest BCUT2D eigenvalue weighted by molar-refractivity contribution is 7.10. The highest BCUT2D eigenvalue weighted by Crippen LogP contribution is 2.40. The number of aliphatic hydroxyl groups is 1. The van der Waals surface area contributed by atoms with Gasteiger partial charge in [0.2, 0.25) is 0 Å². The minimum absolute atomic E-state index is 0.0135. The van der Waals surface area contributed by atoms with Gasteiger partial charge < -0.3 is 14.7 Å². The van der Waals surface area contributed by atoms with Crippen LogP contribution >= 0.6 is 11.3 Å². The molecule has 1 unspecified atom stereocenters. The lowest BCUT2D eigenvalue weighted by Gasteiger charge is -2.23. The zero-order valence-corrected chi connectivity index (χ0v) is 15.2. The molecule has 1 aliphatic heterocycles. The molecule has 0 bridgehead atoms. The van der Waals surface area contributed by atoms with Crippen LogP contribution in [0.5, 0.6) is 0 Å². The van der Waals surface area contributed by atoms with Gasteiger partial charge in [-0.2, -0.15) is 0 Å². The van der Waals surface area contributed by atoms with Gasteiger partial charge in [0.15, 0.2) is 0 Å². The molecule has 1 aliphatic rings. The van der Waals surface area contributed by atoms with E-state index in [1.807, 2.05) is 17.5 Å². The Labute approximate surface area is 154 Å². The molecular weight excluding hydrogens is 357 g/mol. The molecule has 0 radical (unpaired) electrons. The van der Waals surface area contributed by atoms with Crippen molar-refractivity contribution in [2.45, 2.75) is 13.0 Å². The molecule has 0 saturated carbocycles. The summed E-state index contributed by atoms with van der Waals surface area (Å²) in [5.41, 5.74) is 0.657. The van der Waals surface area contributed by atoms with Gasteiger partial charge >= 0.3 is 0 Å². The number of amides is 1. The summed E-state index contributed by atoms with van der Waals surface area (Å²) in [4.78, 5) is 27.3. The number of aryl methyl sites for hydroxylation is 1. The maximum Gasteiger partial charge on any atom is 0.295 e. The summed E-state index contributed by atoms with van der Waals surface area (Å²) in [6.07, 6.45) is 0. The number of Topliss-reactive ketones (excluding diaryl/α,β-unsaturated/α-hetero) is 1. The van der Waals surface area contributed by atoms with Crippen LogP contribution in [-0.2, 0) is 14.3 Å². The SMILES string of the molecule is COCCN1C(=O)C(=O)/C(=C(\O)c2ccc(F)c(C)c2)C1c1cccs1. The molecule has 1 aromatic heterocycles. The topological polar surface area (TPSA) is 66.8 Å². The molecule has 2 heterocycles. The Balaban J connectivity index is 2.14. The van der Waals surface area contributed by atoms with E-state index in [0.717, 1.165) is 4.88 Å². The van der Waals surface area contributed by atoms with Crippen LogP contribution in [0, 0.1) is 12.7 Å². The molecule has 2 aromatic rings. The third kappa shape index (κ3) is 3.15. The number of methoxy groups -OCH3 is 1. The number of carbonyl (C=O) groups is 2. The highest BCUT2D eigenvalue weighted by Gasteiger charge is 2.46. The standard InChI is InChI=1S/C19H18FNO4S/c1-11-10-12(5-6-13(11)20)17(22)15-16(14-4-3-9-26-14)21(7-8-25-2)19(24)18(15)23/h3-6,9-10,16,22H,7-8H2,1-2H3/b17-15-. The summed E-state index contributed by atoms with van der Waals surface area (Å²) >= 11 is 1.39. The molecule has 1 saturated heterocycles. The van der Waals surface area contributed by atoms with E-state index in [1.54, 1.807) is 6.92 Å². The molecular formula is C19H18FNO4S. The van der Waals surface area contributed by atoms with Gasteiger partial charge in [0.05, 0.1) is 18.2 Å². The molecule has 26 heavy (non-hydrogen) atoms. The summed E-state index contributed by atoms with van der Waals surface area (Å²) in [5.74, 6) is -2.14. The molecule has 1 amide bonds. The molecule has 0 aliphatic carbocycles. The summed E-state index contributed by atoms with van der Waals surface area (Å²) in [6.45, 7) is 2.06. The first-order valence-corrected chi connectivity index (χ1v) is 8.91.